The van der Waals surface area contributed by atoms with Crippen LogP contribution >= 0.6 is 0 Å². The number of azide groups is 1. The summed E-state index contributed by atoms with van der Waals surface area (Å²) >= 11 is 0. The fourth-order valence-corrected chi connectivity index (χ4v) is 1.17. The number of aromatic nitrogens is 4. The van der Waals surface area contributed by atoms with Gasteiger partial charge in [-0.05, 0) is 28.1 Å². The van der Waals surface area contributed by atoms with Gasteiger partial charge in [-0.25, -0.2) is 0 Å². The van der Waals surface area contributed by atoms with Crippen molar-refractivity contribution >= 4 is 0 Å². The van der Waals surface area contributed by atoms with Gasteiger partial charge in [0.1, 0.15) is 0 Å². The first-order chi connectivity index (χ1) is 7.42. The summed E-state index contributed by atoms with van der Waals surface area (Å²) in [7, 11) is 0. The molecule has 2 aromatic rings. The fourth-order valence-electron chi connectivity index (χ4n) is 1.17. The van der Waals surface area contributed by atoms with Crippen molar-refractivity contribution in [3.05, 3.63) is 46.6 Å². The minimum absolute atomic E-state index is 0.137. The van der Waals surface area contributed by atoms with Gasteiger partial charge in [-0.15, -0.1) is 5.10 Å². The maximum absolute atomic E-state index is 8.21. The van der Waals surface area contributed by atoms with E-state index in [0.29, 0.717) is 5.82 Å². The van der Waals surface area contributed by atoms with Gasteiger partial charge in [0.15, 0.2) is 5.82 Å². The average Bonchev–Trinajstić information content (AvgIpc) is 2.75. The topological polar surface area (TPSA) is 92.4 Å². The molecule has 0 aliphatic rings. The van der Waals surface area contributed by atoms with Gasteiger partial charge in [0, 0.05) is 4.91 Å². The molecule has 1 aromatic heterocycles. The molecule has 7 heteroatoms. The Hall–Kier alpha value is -2.40. The van der Waals surface area contributed by atoms with Crippen molar-refractivity contribution in [2.45, 2.75) is 6.54 Å². The quantitative estimate of drug-likeness (QED) is 0.427. The smallest absolute Gasteiger partial charge is 0.162 e. The van der Waals surface area contributed by atoms with E-state index in [1.165, 1.54) is 4.68 Å². The van der Waals surface area contributed by atoms with Crippen molar-refractivity contribution in [1.82, 2.24) is 20.2 Å². The summed E-state index contributed by atoms with van der Waals surface area (Å²) in [6.45, 7) is 0.137. The molecule has 0 fully saturated rings. The van der Waals surface area contributed by atoms with Crippen LogP contribution in [0.4, 0.5) is 0 Å². The molecular weight excluding hydrogens is 194 g/mol. The van der Waals surface area contributed by atoms with Crippen molar-refractivity contribution in [1.29, 1.82) is 0 Å². The van der Waals surface area contributed by atoms with Crippen molar-refractivity contribution in [3.63, 3.8) is 0 Å². The predicted molar refractivity (Wildman–Crippen MR) is 52.0 cm³/mol. The third-order valence-corrected chi connectivity index (χ3v) is 1.81. The zero-order valence-corrected chi connectivity index (χ0v) is 7.72. The Labute approximate surface area is 85.0 Å². The third kappa shape index (κ3) is 1.92. The Morgan fingerprint density at radius 3 is 2.87 bits per heavy atom. The molecular formula is C8H7N7. The second-order valence-electron chi connectivity index (χ2n) is 2.73. The zero-order valence-electron chi connectivity index (χ0n) is 7.72. The van der Waals surface area contributed by atoms with Crippen LogP contribution in [-0.4, -0.2) is 20.2 Å². The van der Waals surface area contributed by atoms with Crippen LogP contribution in [-0.2, 0) is 6.54 Å². The number of hydrogen-bond acceptors (Lipinski definition) is 4. The molecule has 0 bridgehead atoms. The summed E-state index contributed by atoms with van der Waals surface area (Å²) < 4.78 is 1.54. The van der Waals surface area contributed by atoms with Gasteiger partial charge in [-0.2, -0.15) is 4.68 Å². The van der Waals surface area contributed by atoms with Crippen LogP contribution < -0.4 is 0 Å². The molecule has 0 amide bonds. The fraction of sp³-hybridized carbons (Fsp3) is 0.125. The highest BCUT2D eigenvalue weighted by atomic mass is 15.5. The summed E-state index contributed by atoms with van der Waals surface area (Å²) in [6.07, 6.45) is 0. The predicted octanol–water partition coefficient (Wildman–Crippen LogP) is 1.47. The van der Waals surface area contributed by atoms with Gasteiger partial charge in [0.25, 0.3) is 0 Å². The molecule has 1 aromatic carbocycles. The Morgan fingerprint density at radius 2 is 2.13 bits per heavy atom. The second-order valence-corrected chi connectivity index (χ2v) is 2.73. The normalized spacial score (nSPS) is 9.60. The minimum atomic E-state index is 0.137. The number of nitrogens with zero attached hydrogens (tertiary/aromatic N) is 7. The summed E-state index contributed by atoms with van der Waals surface area (Å²) in [6, 6.07) is 9.41. The second kappa shape index (κ2) is 4.21. The lowest BCUT2D eigenvalue weighted by Gasteiger charge is -2.00. The van der Waals surface area contributed by atoms with Crippen molar-refractivity contribution < 1.29 is 0 Å². The van der Waals surface area contributed by atoms with E-state index < -0.39 is 0 Å². The van der Waals surface area contributed by atoms with Crippen LogP contribution in [0.1, 0.15) is 5.82 Å². The van der Waals surface area contributed by atoms with E-state index in [0.717, 1.165) is 5.69 Å². The van der Waals surface area contributed by atoms with E-state index in [9.17, 15) is 0 Å². The Morgan fingerprint density at radius 1 is 1.33 bits per heavy atom. The highest BCUT2D eigenvalue weighted by Crippen LogP contribution is 2.07. The molecule has 0 saturated carbocycles. The summed E-state index contributed by atoms with van der Waals surface area (Å²) in [5.74, 6) is 0.513. The molecule has 2 rings (SSSR count). The zero-order chi connectivity index (χ0) is 10.5. The highest BCUT2D eigenvalue weighted by molar-refractivity contribution is 5.30. The average molecular weight is 201 g/mol. The Kier molecular flexibility index (Phi) is 2.57. The SMILES string of the molecule is [N-]=[N+]=NCc1nnnn1-c1ccccc1. The van der Waals surface area contributed by atoms with Crippen molar-refractivity contribution in [2.24, 2.45) is 5.11 Å². The number of hydrogen-bond donors (Lipinski definition) is 0. The molecule has 0 saturated heterocycles. The number of tetrazole rings is 1. The molecule has 0 N–H and O–H groups in total. The van der Waals surface area contributed by atoms with Gasteiger partial charge in [-0.1, -0.05) is 23.3 Å². The van der Waals surface area contributed by atoms with Crippen LogP contribution in [0.5, 0.6) is 0 Å². The number of benzene rings is 1. The summed E-state index contributed by atoms with van der Waals surface area (Å²) in [5, 5.41) is 14.5. The molecule has 0 radical (unpaired) electrons. The molecule has 0 atom stereocenters. The van der Waals surface area contributed by atoms with E-state index >= 15 is 0 Å². The van der Waals surface area contributed by atoms with E-state index in [-0.39, 0.29) is 6.54 Å². The van der Waals surface area contributed by atoms with Gasteiger partial charge in [0.05, 0.1) is 12.2 Å². The monoisotopic (exact) mass is 201 g/mol. The first kappa shape index (κ1) is 9.17. The summed E-state index contributed by atoms with van der Waals surface area (Å²) in [4.78, 5) is 2.66. The number of para-hydroxylation sites is 1. The number of rotatable bonds is 3. The summed E-state index contributed by atoms with van der Waals surface area (Å²) in [5.41, 5.74) is 9.05. The van der Waals surface area contributed by atoms with Crippen LogP contribution in [0, 0.1) is 0 Å². The van der Waals surface area contributed by atoms with E-state index in [1.807, 2.05) is 30.3 Å². The van der Waals surface area contributed by atoms with Crippen LogP contribution in [0.2, 0.25) is 0 Å². The maximum atomic E-state index is 8.21. The molecule has 15 heavy (non-hydrogen) atoms. The minimum Gasteiger partial charge on any atom is -0.197 e. The third-order valence-electron chi connectivity index (χ3n) is 1.81. The van der Waals surface area contributed by atoms with Crippen LogP contribution in [0.15, 0.2) is 35.4 Å². The lowest BCUT2D eigenvalue weighted by molar-refractivity contribution is 0.760. The molecule has 1 heterocycles. The van der Waals surface area contributed by atoms with Gasteiger partial charge in [0.2, 0.25) is 0 Å². The molecule has 0 unspecified atom stereocenters. The Bertz CT molecular complexity index is 483. The lowest BCUT2D eigenvalue weighted by Crippen LogP contribution is -2.01. The largest absolute Gasteiger partial charge is 0.197 e. The van der Waals surface area contributed by atoms with Crippen molar-refractivity contribution in [2.75, 3.05) is 0 Å². The van der Waals surface area contributed by atoms with Gasteiger partial charge < -0.3 is 0 Å². The molecule has 7 nitrogen and oxygen atoms in total. The van der Waals surface area contributed by atoms with Gasteiger partial charge >= 0.3 is 0 Å². The molecule has 0 spiro atoms. The van der Waals surface area contributed by atoms with E-state index in [1.54, 1.807) is 0 Å². The first-order valence-electron chi connectivity index (χ1n) is 4.25. The van der Waals surface area contributed by atoms with Crippen LogP contribution in [0.25, 0.3) is 16.1 Å². The van der Waals surface area contributed by atoms with Crippen molar-refractivity contribution in [3.8, 4) is 5.69 Å². The Balaban J connectivity index is 2.37. The van der Waals surface area contributed by atoms with Gasteiger partial charge in [-0.3, -0.25) is 0 Å². The lowest BCUT2D eigenvalue weighted by atomic mass is 10.3. The van der Waals surface area contributed by atoms with Crippen LogP contribution in [0.3, 0.4) is 0 Å². The molecule has 0 aliphatic carbocycles. The first-order valence-corrected chi connectivity index (χ1v) is 4.25. The van der Waals surface area contributed by atoms with E-state index in [4.69, 9.17) is 5.53 Å². The molecule has 74 valence electrons. The standard InChI is InChI=1S/C8H7N7/c9-12-10-6-8-11-13-14-15(8)7-4-2-1-3-5-7/h1-5H,6H2. The molecule has 0 aliphatic heterocycles. The van der Waals surface area contributed by atoms with E-state index in [2.05, 4.69) is 25.6 Å². The maximum Gasteiger partial charge on any atom is 0.162 e. The highest BCUT2D eigenvalue weighted by Gasteiger charge is 2.05.